The van der Waals surface area contributed by atoms with Crippen molar-refractivity contribution in [1.29, 1.82) is 0 Å². The molecule has 0 spiro atoms. The van der Waals surface area contributed by atoms with E-state index in [1.165, 1.54) is 6.92 Å². The summed E-state index contributed by atoms with van der Waals surface area (Å²) in [6.45, 7) is 4.58. The molecule has 2 aromatic carbocycles. The second-order valence-electron chi connectivity index (χ2n) is 6.17. The highest BCUT2D eigenvalue weighted by atomic mass is 16.6. The van der Waals surface area contributed by atoms with Gasteiger partial charge in [0.25, 0.3) is 5.91 Å². The van der Waals surface area contributed by atoms with Crippen LogP contribution in [0.5, 0.6) is 23.0 Å². The third-order valence-corrected chi connectivity index (χ3v) is 3.98. The maximum absolute atomic E-state index is 12.3. The number of rotatable bonds is 8. The standard InChI is InChI=1S/C21H23NO7/c1-3-25-16-5-7-17(8-6-16)28-13-20(23)29-14(2)21(24)22-15-4-9-18-19(12-15)27-11-10-26-18/h4-9,12,14H,3,10-11,13H2,1-2H3,(H,22,24). The smallest absolute Gasteiger partial charge is 0.344 e. The molecular weight excluding hydrogens is 378 g/mol. The highest BCUT2D eigenvalue weighted by Crippen LogP contribution is 2.32. The van der Waals surface area contributed by atoms with Gasteiger partial charge in [-0.3, -0.25) is 4.79 Å². The van der Waals surface area contributed by atoms with Crippen LogP contribution in [0.15, 0.2) is 42.5 Å². The van der Waals surface area contributed by atoms with Gasteiger partial charge in [-0.2, -0.15) is 0 Å². The maximum atomic E-state index is 12.3. The molecule has 1 atom stereocenters. The third kappa shape index (κ3) is 5.78. The largest absolute Gasteiger partial charge is 0.494 e. The normalized spacial score (nSPS) is 13.2. The third-order valence-electron chi connectivity index (χ3n) is 3.98. The van der Waals surface area contributed by atoms with E-state index < -0.39 is 18.0 Å². The zero-order chi connectivity index (χ0) is 20.6. The predicted molar refractivity (Wildman–Crippen MR) is 105 cm³/mol. The lowest BCUT2D eigenvalue weighted by atomic mass is 10.2. The summed E-state index contributed by atoms with van der Waals surface area (Å²) in [6.07, 6.45) is -0.986. The Bertz CT molecular complexity index is 851. The Balaban J connectivity index is 1.45. The van der Waals surface area contributed by atoms with Gasteiger partial charge in [-0.25, -0.2) is 4.79 Å². The first-order valence-corrected chi connectivity index (χ1v) is 9.31. The quantitative estimate of drug-likeness (QED) is 0.680. The van der Waals surface area contributed by atoms with E-state index in [-0.39, 0.29) is 6.61 Å². The van der Waals surface area contributed by atoms with E-state index in [0.29, 0.717) is 48.5 Å². The Morgan fingerprint density at radius 3 is 2.34 bits per heavy atom. The molecule has 0 saturated heterocycles. The van der Waals surface area contributed by atoms with Crippen LogP contribution in [0.25, 0.3) is 0 Å². The predicted octanol–water partition coefficient (Wildman–Crippen LogP) is 2.81. The van der Waals surface area contributed by atoms with Crippen molar-refractivity contribution in [2.45, 2.75) is 20.0 Å². The molecule has 3 rings (SSSR count). The summed E-state index contributed by atoms with van der Waals surface area (Å²) in [6, 6.07) is 11.9. The number of hydrogen-bond acceptors (Lipinski definition) is 7. The van der Waals surface area contributed by atoms with Crippen molar-refractivity contribution < 1.29 is 33.3 Å². The van der Waals surface area contributed by atoms with E-state index in [4.69, 9.17) is 23.7 Å². The van der Waals surface area contributed by atoms with Crippen molar-refractivity contribution in [2.24, 2.45) is 0 Å². The van der Waals surface area contributed by atoms with Crippen LogP contribution in [0, 0.1) is 0 Å². The van der Waals surface area contributed by atoms with Crippen molar-refractivity contribution in [1.82, 2.24) is 0 Å². The molecule has 0 saturated carbocycles. The number of nitrogens with one attached hydrogen (secondary N) is 1. The number of anilines is 1. The summed E-state index contributed by atoms with van der Waals surface area (Å²) < 4.78 is 26.7. The number of fused-ring (bicyclic) bond motifs is 1. The van der Waals surface area contributed by atoms with Crippen LogP contribution in [0.4, 0.5) is 5.69 Å². The van der Waals surface area contributed by atoms with Gasteiger partial charge in [-0.1, -0.05) is 0 Å². The number of amides is 1. The molecule has 0 aromatic heterocycles. The van der Waals surface area contributed by atoms with E-state index in [1.54, 1.807) is 42.5 Å². The highest BCUT2D eigenvalue weighted by molar-refractivity contribution is 5.95. The topological polar surface area (TPSA) is 92.3 Å². The van der Waals surface area contributed by atoms with Gasteiger partial charge in [0.1, 0.15) is 24.7 Å². The number of benzene rings is 2. The molecule has 1 aliphatic heterocycles. The Morgan fingerprint density at radius 2 is 1.66 bits per heavy atom. The van der Waals surface area contributed by atoms with Crippen LogP contribution >= 0.6 is 0 Å². The van der Waals surface area contributed by atoms with Crippen LogP contribution in [-0.2, 0) is 14.3 Å². The van der Waals surface area contributed by atoms with Crippen molar-refractivity contribution >= 4 is 17.6 Å². The lowest BCUT2D eigenvalue weighted by molar-refractivity contribution is -0.155. The van der Waals surface area contributed by atoms with Gasteiger partial charge in [0.15, 0.2) is 24.2 Å². The van der Waals surface area contributed by atoms with Crippen molar-refractivity contribution in [3.63, 3.8) is 0 Å². The summed E-state index contributed by atoms with van der Waals surface area (Å²) in [4.78, 5) is 24.2. The van der Waals surface area contributed by atoms with Crippen molar-refractivity contribution in [3.8, 4) is 23.0 Å². The Morgan fingerprint density at radius 1 is 1.00 bits per heavy atom. The summed E-state index contributed by atoms with van der Waals surface area (Å²) >= 11 is 0. The zero-order valence-corrected chi connectivity index (χ0v) is 16.3. The lowest BCUT2D eigenvalue weighted by Crippen LogP contribution is -2.31. The second-order valence-corrected chi connectivity index (χ2v) is 6.17. The zero-order valence-electron chi connectivity index (χ0n) is 16.3. The number of esters is 1. The van der Waals surface area contributed by atoms with Crippen molar-refractivity contribution in [2.75, 3.05) is 31.7 Å². The molecule has 0 bridgehead atoms. The summed E-state index contributed by atoms with van der Waals surface area (Å²) in [5.74, 6) is 1.29. The van der Waals surface area contributed by atoms with Gasteiger partial charge in [0.05, 0.1) is 6.61 Å². The van der Waals surface area contributed by atoms with Crippen LogP contribution in [-0.4, -0.2) is 44.4 Å². The first kappa shape index (κ1) is 20.3. The number of ether oxygens (including phenoxy) is 5. The molecule has 8 heteroatoms. The minimum absolute atomic E-state index is 0.310. The molecule has 8 nitrogen and oxygen atoms in total. The highest BCUT2D eigenvalue weighted by Gasteiger charge is 2.19. The van der Waals surface area contributed by atoms with Gasteiger partial charge in [0.2, 0.25) is 0 Å². The average Bonchev–Trinajstić information content (AvgIpc) is 2.73. The minimum Gasteiger partial charge on any atom is -0.494 e. The summed E-state index contributed by atoms with van der Waals surface area (Å²) in [7, 11) is 0. The monoisotopic (exact) mass is 401 g/mol. The van der Waals surface area contributed by atoms with Crippen LogP contribution in [0.3, 0.4) is 0 Å². The average molecular weight is 401 g/mol. The SMILES string of the molecule is CCOc1ccc(OCC(=O)OC(C)C(=O)Nc2ccc3c(c2)OCCO3)cc1. The molecule has 0 radical (unpaired) electrons. The molecule has 1 amide bonds. The Labute approximate surface area is 168 Å². The second kappa shape index (κ2) is 9.68. The first-order chi connectivity index (χ1) is 14.0. The molecule has 154 valence electrons. The number of hydrogen-bond donors (Lipinski definition) is 1. The Hall–Kier alpha value is -3.42. The van der Waals surface area contributed by atoms with E-state index in [0.717, 1.165) is 0 Å². The molecule has 1 aliphatic rings. The maximum Gasteiger partial charge on any atom is 0.344 e. The number of carbonyl (C=O) groups is 2. The van der Waals surface area contributed by atoms with Crippen LogP contribution in [0.1, 0.15) is 13.8 Å². The fraction of sp³-hybridized carbons (Fsp3) is 0.333. The van der Waals surface area contributed by atoms with Gasteiger partial charge in [0, 0.05) is 11.8 Å². The molecule has 0 fully saturated rings. The van der Waals surface area contributed by atoms with Gasteiger partial charge in [-0.15, -0.1) is 0 Å². The van der Waals surface area contributed by atoms with Crippen molar-refractivity contribution in [3.05, 3.63) is 42.5 Å². The van der Waals surface area contributed by atoms with Gasteiger partial charge < -0.3 is 29.0 Å². The first-order valence-electron chi connectivity index (χ1n) is 9.31. The van der Waals surface area contributed by atoms with Crippen LogP contribution < -0.4 is 24.3 Å². The van der Waals surface area contributed by atoms with E-state index in [1.807, 2.05) is 6.92 Å². The molecule has 1 unspecified atom stereocenters. The molecule has 1 heterocycles. The molecule has 29 heavy (non-hydrogen) atoms. The van der Waals surface area contributed by atoms with E-state index in [9.17, 15) is 9.59 Å². The summed E-state index contributed by atoms with van der Waals surface area (Å²) in [5, 5.41) is 2.68. The van der Waals surface area contributed by atoms with Gasteiger partial charge in [-0.05, 0) is 50.2 Å². The number of carbonyl (C=O) groups excluding carboxylic acids is 2. The van der Waals surface area contributed by atoms with E-state index >= 15 is 0 Å². The van der Waals surface area contributed by atoms with Gasteiger partial charge >= 0.3 is 5.97 Å². The molecule has 2 aromatic rings. The molecule has 0 aliphatic carbocycles. The fourth-order valence-corrected chi connectivity index (χ4v) is 2.59. The summed E-state index contributed by atoms with van der Waals surface area (Å²) in [5.41, 5.74) is 0.521. The fourth-order valence-electron chi connectivity index (χ4n) is 2.59. The lowest BCUT2D eigenvalue weighted by Gasteiger charge is -2.19. The molecule has 1 N–H and O–H groups in total. The Kier molecular flexibility index (Phi) is 6.78. The van der Waals surface area contributed by atoms with Crippen LogP contribution in [0.2, 0.25) is 0 Å². The van der Waals surface area contributed by atoms with E-state index in [2.05, 4.69) is 5.32 Å². The molecular formula is C21H23NO7. The minimum atomic E-state index is -0.986.